The molecule has 0 aromatic rings. The maximum Gasteiger partial charge on any atom is 0.269 e. The van der Waals surface area contributed by atoms with Crippen molar-refractivity contribution in [3.05, 3.63) is 0 Å². The van der Waals surface area contributed by atoms with Crippen LogP contribution in [-0.2, 0) is 4.57 Å². The predicted molar refractivity (Wildman–Crippen MR) is 31.4 cm³/mol. The quantitative estimate of drug-likeness (QED) is 0.398. The minimum Gasteiger partial charge on any atom is -0.283 e. The van der Waals surface area contributed by atoms with Gasteiger partial charge in [-0.25, -0.2) is 0 Å². The van der Waals surface area contributed by atoms with Crippen molar-refractivity contribution in [1.82, 2.24) is 0 Å². The molecule has 0 N–H and O–H groups in total. The van der Waals surface area contributed by atoms with E-state index < -0.39 is 4.90 Å². The van der Waals surface area contributed by atoms with Crippen molar-refractivity contribution in [2.75, 3.05) is 0 Å². The molecule has 0 saturated carbocycles. The second-order valence-electron chi connectivity index (χ2n) is 0.473. The largest absolute Gasteiger partial charge is 0.283 e. The lowest BCUT2D eigenvalue weighted by Gasteiger charge is -1.80. The van der Waals surface area contributed by atoms with Gasteiger partial charge in [-0.3, -0.25) is 4.57 Å². The summed E-state index contributed by atoms with van der Waals surface area (Å²) >= 11 is 11.4. The molecule has 0 fully saturated rings. The molecule has 0 radical (unpaired) electrons. The van der Waals surface area contributed by atoms with Crippen LogP contribution in [0.15, 0.2) is 0 Å². The zero-order valence-corrected chi connectivity index (χ0v) is 5.57. The van der Waals surface area contributed by atoms with Crippen LogP contribution in [0.25, 0.3) is 0 Å². The van der Waals surface area contributed by atoms with Gasteiger partial charge in [0, 0.05) is 0 Å². The van der Waals surface area contributed by atoms with E-state index in [1.165, 1.54) is 0 Å². The Labute approximate surface area is 45.6 Å². The molecule has 32 valence electrons. The number of rotatable bonds is 0. The smallest absolute Gasteiger partial charge is 0.269 e. The van der Waals surface area contributed by atoms with Gasteiger partial charge in [-0.15, -0.1) is 0 Å². The average Bonchev–Trinajstić information content (AvgIpc) is 0.722. The molecule has 5 heavy (non-hydrogen) atoms. The molecule has 0 aliphatic carbocycles. The molecular formula is H2ClOPS2. The van der Waals surface area contributed by atoms with E-state index in [1.807, 2.05) is 0 Å². The van der Waals surface area contributed by atoms with Crippen LogP contribution in [0.1, 0.15) is 0 Å². The van der Waals surface area contributed by atoms with E-state index in [2.05, 4.69) is 24.5 Å². The number of halogens is 1. The van der Waals surface area contributed by atoms with Crippen molar-refractivity contribution >= 4 is 40.6 Å². The highest BCUT2D eigenvalue weighted by atomic mass is 35.7. The van der Waals surface area contributed by atoms with Crippen molar-refractivity contribution < 1.29 is 4.57 Å². The third-order valence-electron chi connectivity index (χ3n) is 0. The van der Waals surface area contributed by atoms with Gasteiger partial charge in [0.1, 0.15) is 0 Å². The van der Waals surface area contributed by atoms with Crippen LogP contribution >= 0.6 is 40.6 Å². The fourth-order valence-electron chi connectivity index (χ4n) is 0. The number of hydrogen-bond acceptors (Lipinski definition) is 1. The van der Waals surface area contributed by atoms with E-state index in [9.17, 15) is 4.57 Å². The van der Waals surface area contributed by atoms with Crippen LogP contribution in [0.4, 0.5) is 0 Å². The monoisotopic (exact) mass is 148 g/mol. The first-order chi connectivity index (χ1) is 2.00. The van der Waals surface area contributed by atoms with Gasteiger partial charge in [-0.2, -0.15) is 0 Å². The Kier molecular flexibility index (Phi) is 2.22. The molecule has 0 saturated heterocycles. The van der Waals surface area contributed by atoms with Gasteiger partial charge in [0.2, 0.25) is 0 Å². The molecule has 5 heteroatoms. The second kappa shape index (κ2) is 1.78. The van der Waals surface area contributed by atoms with Crippen LogP contribution in [-0.4, -0.2) is 0 Å². The van der Waals surface area contributed by atoms with Gasteiger partial charge in [-0.1, -0.05) is 24.5 Å². The average molecular weight is 149 g/mol. The zero-order valence-electron chi connectivity index (χ0n) is 2.13. The summed E-state index contributed by atoms with van der Waals surface area (Å²) in [7, 11) is 0. The van der Waals surface area contributed by atoms with Crippen molar-refractivity contribution in [3.8, 4) is 0 Å². The molecule has 0 aliphatic rings. The fraction of sp³-hybridized carbons (Fsp3) is 0. The predicted octanol–water partition coefficient (Wildman–Crippen LogP) is 2.19. The first-order valence-corrected chi connectivity index (χ1v) is 5.67. The summed E-state index contributed by atoms with van der Waals surface area (Å²) < 4.78 is 9.71. The van der Waals surface area contributed by atoms with Crippen LogP contribution in [0.3, 0.4) is 0 Å². The van der Waals surface area contributed by atoms with Crippen LogP contribution in [0, 0.1) is 0 Å². The summed E-state index contributed by atoms with van der Waals surface area (Å²) in [5.74, 6) is 0. The van der Waals surface area contributed by atoms with E-state index in [4.69, 9.17) is 11.2 Å². The minimum atomic E-state index is -2.78. The van der Waals surface area contributed by atoms with E-state index in [-0.39, 0.29) is 0 Å². The number of hydrogen-bond donors (Lipinski definition) is 2. The van der Waals surface area contributed by atoms with Gasteiger partial charge in [0.25, 0.3) is 4.90 Å². The normalized spacial score (nSPS) is 11.8. The molecule has 0 aromatic carbocycles. The standard InChI is InChI=1S/ClH2OPS2/c1-3(2,4)5/h(H2,2,4,5). The molecule has 0 aromatic heterocycles. The van der Waals surface area contributed by atoms with Crippen molar-refractivity contribution in [2.45, 2.75) is 0 Å². The molecular weight excluding hydrogens is 147 g/mol. The summed E-state index contributed by atoms with van der Waals surface area (Å²) in [6, 6.07) is 0. The summed E-state index contributed by atoms with van der Waals surface area (Å²) in [5, 5.41) is 0. The lowest BCUT2D eigenvalue weighted by Crippen LogP contribution is -1.20. The summed E-state index contributed by atoms with van der Waals surface area (Å²) in [6.45, 7) is 0. The first-order valence-electron chi connectivity index (χ1n) is 0.752. The van der Waals surface area contributed by atoms with Gasteiger partial charge in [0.05, 0.1) is 0 Å². The van der Waals surface area contributed by atoms with Gasteiger partial charge >= 0.3 is 0 Å². The summed E-state index contributed by atoms with van der Waals surface area (Å²) in [6.07, 6.45) is 0. The Bertz CT molecular complexity index is 55.8. The summed E-state index contributed by atoms with van der Waals surface area (Å²) in [4.78, 5) is -2.78. The highest BCUT2D eigenvalue weighted by molar-refractivity contribution is 8.87. The van der Waals surface area contributed by atoms with Gasteiger partial charge in [-0.05, 0) is 11.2 Å². The Morgan fingerprint density at radius 2 is 1.60 bits per heavy atom. The molecule has 0 rings (SSSR count). The van der Waals surface area contributed by atoms with E-state index in [1.54, 1.807) is 0 Å². The Hall–Kier alpha value is 1.22. The highest BCUT2D eigenvalue weighted by Crippen LogP contribution is 2.60. The minimum absolute atomic E-state index is 2.78. The molecule has 0 spiro atoms. The molecule has 0 unspecified atom stereocenters. The van der Waals surface area contributed by atoms with Gasteiger partial charge in [0.15, 0.2) is 0 Å². The molecule has 0 amide bonds. The SMILES string of the molecule is O=P(S)(S)Cl. The maximum absolute atomic E-state index is 9.71. The van der Waals surface area contributed by atoms with Crippen LogP contribution < -0.4 is 0 Å². The van der Waals surface area contributed by atoms with E-state index in [0.29, 0.717) is 0 Å². The molecule has 0 atom stereocenters. The third kappa shape index (κ3) is 36.4. The van der Waals surface area contributed by atoms with E-state index >= 15 is 0 Å². The Morgan fingerprint density at radius 3 is 1.60 bits per heavy atom. The van der Waals surface area contributed by atoms with Crippen molar-refractivity contribution in [1.29, 1.82) is 0 Å². The molecule has 0 aliphatic heterocycles. The van der Waals surface area contributed by atoms with Crippen molar-refractivity contribution in [2.24, 2.45) is 0 Å². The van der Waals surface area contributed by atoms with Gasteiger partial charge < -0.3 is 0 Å². The Morgan fingerprint density at radius 1 is 1.60 bits per heavy atom. The molecule has 1 nitrogen and oxygen atoms in total. The zero-order chi connectivity index (χ0) is 4.50. The van der Waals surface area contributed by atoms with Crippen molar-refractivity contribution in [3.63, 3.8) is 0 Å². The fourth-order valence-corrected chi connectivity index (χ4v) is 0. The lowest BCUT2D eigenvalue weighted by molar-refractivity contribution is 0.601. The van der Waals surface area contributed by atoms with E-state index in [0.717, 1.165) is 0 Å². The molecule has 0 heterocycles. The summed E-state index contributed by atoms with van der Waals surface area (Å²) in [5.41, 5.74) is 0. The third-order valence-corrected chi connectivity index (χ3v) is 0. The maximum atomic E-state index is 9.71. The molecule has 0 bridgehead atoms. The highest BCUT2D eigenvalue weighted by Gasteiger charge is 1.97. The number of thiol groups is 2. The topological polar surface area (TPSA) is 17.1 Å². The second-order valence-corrected chi connectivity index (χ2v) is 8.59. The Balaban J connectivity index is 3.47. The first kappa shape index (κ1) is 6.22. The van der Waals surface area contributed by atoms with Crippen LogP contribution in [0.5, 0.6) is 0 Å². The lowest BCUT2D eigenvalue weighted by atomic mass is 16.0. The van der Waals surface area contributed by atoms with Crippen LogP contribution in [0.2, 0.25) is 0 Å².